The Kier molecular flexibility index (Phi) is 8.17. The Hall–Kier alpha value is -8.14. The summed E-state index contributed by atoms with van der Waals surface area (Å²) >= 11 is 0. The van der Waals surface area contributed by atoms with Crippen molar-refractivity contribution in [2.45, 2.75) is 24.7 Å². The maximum Gasteiger partial charge on any atom is 0.160 e. The second kappa shape index (κ2) is 14.2. The largest absolute Gasteiger partial charge is 0.457 e. The first-order valence-electron chi connectivity index (χ1n) is 22.5. The van der Waals surface area contributed by atoms with E-state index in [9.17, 15) is 0 Å². The Morgan fingerprint density at radius 3 is 1.42 bits per heavy atom. The van der Waals surface area contributed by atoms with Gasteiger partial charge >= 0.3 is 0 Å². The number of fused-ring (bicyclic) bond motifs is 14. The zero-order valence-electron chi connectivity index (χ0n) is 36.1. The molecule has 0 saturated carbocycles. The lowest BCUT2D eigenvalue weighted by Gasteiger charge is -2.50. The molecule has 3 nitrogen and oxygen atoms in total. The summed E-state index contributed by atoms with van der Waals surface area (Å²) in [5, 5.41) is 7.47. The minimum atomic E-state index is -0.573. The number of para-hydroxylation sites is 1. The van der Waals surface area contributed by atoms with E-state index in [0.29, 0.717) is 5.82 Å². The molecule has 306 valence electrons. The molecule has 1 spiro atoms. The second-order valence-corrected chi connectivity index (χ2v) is 18.0. The topological polar surface area (TPSA) is 35.0 Å². The molecule has 0 atom stereocenters. The van der Waals surface area contributed by atoms with Crippen LogP contribution in [0.3, 0.4) is 0 Å². The average molecular weight is 831 g/mol. The van der Waals surface area contributed by atoms with Crippen LogP contribution in [-0.4, -0.2) is 9.97 Å². The zero-order valence-corrected chi connectivity index (χ0v) is 36.1. The van der Waals surface area contributed by atoms with E-state index in [4.69, 9.17) is 14.7 Å². The number of nitrogens with zero attached hydrogens (tertiary/aromatic N) is 2. The Bertz CT molecular complexity index is 3630. The number of hydrogen-bond donors (Lipinski definition) is 0. The third-order valence-corrected chi connectivity index (χ3v) is 14.2. The molecule has 0 amide bonds. The van der Waals surface area contributed by atoms with Gasteiger partial charge in [-0.2, -0.15) is 0 Å². The molecule has 0 radical (unpaired) electrons. The van der Waals surface area contributed by atoms with Gasteiger partial charge in [-0.05, 0) is 96.0 Å². The third-order valence-electron chi connectivity index (χ3n) is 14.2. The Balaban J connectivity index is 0.949. The summed E-state index contributed by atoms with van der Waals surface area (Å²) in [5.41, 5.74) is 13.9. The van der Waals surface area contributed by atoms with Crippen molar-refractivity contribution in [1.29, 1.82) is 0 Å². The standard InChI is InChI=1S/C62H42N2O/c1-61(2)50-22-10-12-24-52(50)62(53-25-13-11-23-51(53)61)54-26-14-15-27-58(54)65-59-35-33-42(37-55(59)62)39-28-30-40(31-29-39)56-38-57(64-60(63-56)41-16-4-3-5-17-41)43-32-34-48-46-20-7-6-18-44(46)45-19-8-9-21-47(45)49(48)36-43/h3-38H,1-2H3. The molecule has 2 aliphatic rings. The van der Waals surface area contributed by atoms with Gasteiger partial charge in [0.25, 0.3) is 0 Å². The van der Waals surface area contributed by atoms with E-state index >= 15 is 0 Å². The summed E-state index contributed by atoms with van der Waals surface area (Å²) in [4.78, 5) is 10.4. The van der Waals surface area contributed by atoms with Gasteiger partial charge in [0.15, 0.2) is 5.82 Å². The summed E-state index contributed by atoms with van der Waals surface area (Å²) in [6.45, 7) is 4.71. The molecule has 0 saturated heterocycles. The molecule has 0 unspecified atom stereocenters. The van der Waals surface area contributed by atoms with E-state index in [-0.39, 0.29) is 5.41 Å². The fourth-order valence-electron chi connectivity index (χ4n) is 11.2. The van der Waals surface area contributed by atoms with Gasteiger partial charge in [-0.1, -0.05) is 202 Å². The molecule has 0 bridgehead atoms. The molecule has 10 aromatic carbocycles. The van der Waals surface area contributed by atoms with Crippen molar-refractivity contribution in [3.63, 3.8) is 0 Å². The van der Waals surface area contributed by atoms with E-state index in [1.54, 1.807) is 0 Å². The van der Waals surface area contributed by atoms with E-state index < -0.39 is 5.41 Å². The van der Waals surface area contributed by atoms with Crippen LogP contribution in [0.25, 0.3) is 77.3 Å². The number of ether oxygens (including phenoxy) is 1. The van der Waals surface area contributed by atoms with Gasteiger partial charge in [-0.3, -0.25) is 0 Å². The maximum atomic E-state index is 6.80. The summed E-state index contributed by atoms with van der Waals surface area (Å²) in [6, 6.07) is 78.9. The fraction of sp³-hybridized carbons (Fsp3) is 0.0645. The highest BCUT2D eigenvalue weighted by atomic mass is 16.5. The monoisotopic (exact) mass is 830 g/mol. The average Bonchev–Trinajstić information content (AvgIpc) is 3.38. The van der Waals surface area contributed by atoms with Crippen molar-refractivity contribution < 1.29 is 4.74 Å². The first-order chi connectivity index (χ1) is 32.0. The van der Waals surface area contributed by atoms with E-state index in [2.05, 4.69) is 214 Å². The molecular formula is C62H42N2O. The van der Waals surface area contributed by atoms with Crippen molar-refractivity contribution in [2.75, 3.05) is 0 Å². The molecule has 0 N–H and O–H groups in total. The molecule has 65 heavy (non-hydrogen) atoms. The van der Waals surface area contributed by atoms with Crippen LogP contribution >= 0.6 is 0 Å². The van der Waals surface area contributed by atoms with Crippen LogP contribution in [0.5, 0.6) is 11.5 Å². The molecule has 13 rings (SSSR count). The van der Waals surface area contributed by atoms with E-state index in [1.165, 1.54) is 54.6 Å². The number of rotatable bonds is 4. The smallest absolute Gasteiger partial charge is 0.160 e. The number of benzene rings is 10. The third kappa shape index (κ3) is 5.55. The molecule has 11 aromatic rings. The van der Waals surface area contributed by atoms with Gasteiger partial charge in [-0.25, -0.2) is 9.97 Å². The van der Waals surface area contributed by atoms with Crippen LogP contribution in [0.15, 0.2) is 218 Å². The van der Waals surface area contributed by atoms with E-state index in [1.807, 2.05) is 18.2 Å². The van der Waals surface area contributed by atoms with Crippen LogP contribution in [-0.2, 0) is 10.8 Å². The molecule has 1 aliphatic heterocycles. The van der Waals surface area contributed by atoms with Crippen LogP contribution in [0.4, 0.5) is 0 Å². The summed E-state index contributed by atoms with van der Waals surface area (Å²) < 4.78 is 6.80. The van der Waals surface area contributed by atoms with Crippen molar-refractivity contribution in [3.05, 3.63) is 252 Å². The molecule has 1 aromatic heterocycles. The van der Waals surface area contributed by atoms with Gasteiger partial charge in [0.1, 0.15) is 11.5 Å². The van der Waals surface area contributed by atoms with Gasteiger partial charge in [0.05, 0.1) is 16.8 Å². The second-order valence-electron chi connectivity index (χ2n) is 18.0. The van der Waals surface area contributed by atoms with Crippen molar-refractivity contribution in [3.8, 4) is 56.5 Å². The quantitative estimate of drug-likeness (QED) is 0.166. The van der Waals surface area contributed by atoms with Crippen molar-refractivity contribution >= 4 is 32.3 Å². The SMILES string of the molecule is CC1(C)c2ccccc2C2(c3ccccc3Oc3ccc(-c4ccc(-c5cc(-c6ccc7c8ccccc8c8ccccc8c7c6)nc(-c6ccccc6)n5)cc4)cc32)c2ccccc21. The molecular weight excluding hydrogens is 789 g/mol. The van der Waals surface area contributed by atoms with Crippen LogP contribution in [0.1, 0.15) is 47.2 Å². The Morgan fingerprint density at radius 2 is 0.769 bits per heavy atom. The number of hydrogen-bond acceptors (Lipinski definition) is 3. The highest BCUT2D eigenvalue weighted by Gasteiger charge is 2.52. The zero-order chi connectivity index (χ0) is 43.3. The predicted molar refractivity (Wildman–Crippen MR) is 267 cm³/mol. The van der Waals surface area contributed by atoms with Crippen LogP contribution in [0.2, 0.25) is 0 Å². The van der Waals surface area contributed by atoms with Gasteiger partial charge in [-0.15, -0.1) is 0 Å². The lowest BCUT2D eigenvalue weighted by Crippen LogP contribution is -2.43. The van der Waals surface area contributed by atoms with Crippen molar-refractivity contribution in [1.82, 2.24) is 9.97 Å². The summed E-state index contributed by atoms with van der Waals surface area (Å²) in [7, 11) is 0. The summed E-state index contributed by atoms with van der Waals surface area (Å²) in [6.07, 6.45) is 0. The normalized spacial score (nSPS) is 14.1. The highest BCUT2D eigenvalue weighted by molar-refractivity contribution is 6.25. The molecule has 0 fully saturated rings. The van der Waals surface area contributed by atoms with Crippen LogP contribution < -0.4 is 4.74 Å². The lowest BCUT2D eigenvalue weighted by atomic mass is 9.53. The molecule has 1 aliphatic carbocycles. The molecule has 3 heteroatoms. The minimum Gasteiger partial charge on any atom is -0.457 e. The summed E-state index contributed by atoms with van der Waals surface area (Å²) in [5.74, 6) is 2.47. The Labute approximate surface area is 378 Å². The number of aromatic nitrogens is 2. The lowest BCUT2D eigenvalue weighted by molar-refractivity contribution is 0.425. The van der Waals surface area contributed by atoms with Crippen LogP contribution in [0, 0.1) is 0 Å². The fourth-order valence-corrected chi connectivity index (χ4v) is 11.2. The first kappa shape index (κ1) is 37.4. The Morgan fingerprint density at radius 1 is 0.308 bits per heavy atom. The first-order valence-corrected chi connectivity index (χ1v) is 22.5. The maximum absolute atomic E-state index is 6.80. The minimum absolute atomic E-state index is 0.182. The van der Waals surface area contributed by atoms with Gasteiger partial charge in [0, 0.05) is 33.2 Å². The van der Waals surface area contributed by atoms with Gasteiger partial charge in [0.2, 0.25) is 0 Å². The van der Waals surface area contributed by atoms with Gasteiger partial charge < -0.3 is 4.74 Å². The highest BCUT2D eigenvalue weighted by Crippen LogP contribution is 2.61. The predicted octanol–water partition coefficient (Wildman–Crippen LogP) is 15.7. The van der Waals surface area contributed by atoms with Crippen molar-refractivity contribution in [2.24, 2.45) is 0 Å². The van der Waals surface area contributed by atoms with E-state index in [0.717, 1.165) is 61.8 Å². The molecule has 2 heterocycles.